The third kappa shape index (κ3) is 2.03. The fourth-order valence-electron chi connectivity index (χ4n) is 2.12. The van der Waals surface area contributed by atoms with E-state index in [1.54, 1.807) is 18.3 Å². The molecule has 0 saturated carbocycles. The summed E-state index contributed by atoms with van der Waals surface area (Å²) in [5.41, 5.74) is 7.13. The van der Waals surface area contributed by atoms with Gasteiger partial charge in [-0.05, 0) is 31.2 Å². The first kappa shape index (κ1) is 12.3. The molecule has 1 aromatic carbocycles. The lowest BCUT2D eigenvalue weighted by atomic mass is 10.2. The molecule has 2 aromatic heterocycles. The predicted molar refractivity (Wildman–Crippen MR) is 75.2 cm³/mol. The van der Waals surface area contributed by atoms with Crippen LogP contribution in [0.25, 0.3) is 11.0 Å². The zero-order valence-electron chi connectivity index (χ0n) is 10.8. The van der Waals surface area contributed by atoms with Crippen LogP contribution in [0.3, 0.4) is 0 Å². The van der Waals surface area contributed by atoms with E-state index in [4.69, 9.17) is 5.73 Å². The summed E-state index contributed by atoms with van der Waals surface area (Å²) in [7, 11) is 0. The van der Waals surface area contributed by atoms with Crippen LogP contribution >= 0.6 is 0 Å². The molecule has 7 heteroatoms. The van der Waals surface area contributed by atoms with E-state index >= 15 is 0 Å². The Labute approximate surface area is 114 Å². The average Bonchev–Trinajstić information content (AvgIpc) is 2.89. The lowest BCUT2D eigenvalue weighted by molar-refractivity contribution is 0.628. The molecule has 3 N–H and O–H groups in total. The Hall–Kier alpha value is -2.70. The molecule has 0 amide bonds. The molecule has 6 nitrogen and oxygen atoms in total. The molecule has 3 rings (SSSR count). The second-order valence-electron chi connectivity index (χ2n) is 4.26. The predicted octanol–water partition coefficient (Wildman–Crippen LogP) is 2.23. The summed E-state index contributed by atoms with van der Waals surface area (Å²) in [4.78, 5) is 10.3. The Morgan fingerprint density at radius 3 is 2.70 bits per heavy atom. The van der Waals surface area contributed by atoms with Crippen LogP contribution in [0.2, 0.25) is 0 Å². The maximum atomic E-state index is 13.0. The van der Waals surface area contributed by atoms with Crippen molar-refractivity contribution in [3.63, 3.8) is 0 Å². The standard InChI is InChI=1S/C13H13FN6/c1-2-20(9-5-3-8(14)4-6-9)12-10-7-16-19-11(10)17-13(15)18-12/h3-7H,2H2,1H3,(H3,15,16,17,18,19). The number of aromatic nitrogens is 4. The minimum absolute atomic E-state index is 0.164. The lowest BCUT2D eigenvalue weighted by Crippen LogP contribution is -2.18. The van der Waals surface area contributed by atoms with Crippen molar-refractivity contribution in [1.29, 1.82) is 0 Å². The molecule has 0 bridgehead atoms. The minimum atomic E-state index is -0.277. The zero-order valence-corrected chi connectivity index (χ0v) is 10.8. The molecule has 0 atom stereocenters. The number of hydrogen-bond acceptors (Lipinski definition) is 5. The van der Waals surface area contributed by atoms with Crippen LogP contribution in [0, 0.1) is 5.82 Å². The van der Waals surface area contributed by atoms with Gasteiger partial charge in [-0.1, -0.05) is 0 Å². The molecule has 0 radical (unpaired) electrons. The van der Waals surface area contributed by atoms with E-state index in [1.165, 1.54) is 12.1 Å². The number of H-pyrrole nitrogens is 1. The maximum Gasteiger partial charge on any atom is 0.224 e. The topological polar surface area (TPSA) is 83.7 Å². The van der Waals surface area contributed by atoms with Crippen LogP contribution < -0.4 is 10.6 Å². The highest BCUT2D eigenvalue weighted by atomic mass is 19.1. The third-order valence-corrected chi connectivity index (χ3v) is 3.02. The van der Waals surface area contributed by atoms with Crippen LogP contribution in [0.1, 0.15) is 6.92 Å². The van der Waals surface area contributed by atoms with Gasteiger partial charge in [0, 0.05) is 12.2 Å². The van der Waals surface area contributed by atoms with E-state index in [2.05, 4.69) is 20.2 Å². The smallest absolute Gasteiger partial charge is 0.224 e. The van der Waals surface area contributed by atoms with Gasteiger partial charge in [-0.15, -0.1) is 0 Å². The number of fused-ring (bicyclic) bond motifs is 1. The average molecular weight is 272 g/mol. The normalized spacial score (nSPS) is 10.9. The number of halogens is 1. The Bertz CT molecular complexity index is 736. The number of aromatic amines is 1. The first-order chi connectivity index (χ1) is 9.69. The summed E-state index contributed by atoms with van der Waals surface area (Å²) in [5, 5.41) is 7.50. The minimum Gasteiger partial charge on any atom is -0.368 e. The van der Waals surface area contributed by atoms with Crippen molar-refractivity contribution in [2.75, 3.05) is 17.2 Å². The van der Waals surface area contributed by atoms with Gasteiger partial charge < -0.3 is 10.6 Å². The molecule has 2 heterocycles. The highest BCUT2D eigenvalue weighted by molar-refractivity contribution is 5.89. The van der Waals surface area contributed by atoms with E-state index in [9.17, 15) is 4.39 Å². The van der Waals surface area contributed by atoms with Crippen LogP contribution in [0.5, 0.6) is 0 Å². The molecule has 0 spiro atoms. The molecule has 0 aliphatic heterocycles. The largest absolute Gasteiger partial charge is 0.368 e. The molecule has 0 saturated heterocycles. The molecule has 0 aliphatic rings. The zero-order chi connectivity index (χ0) is 14.1. The lowest BCUT2D eigenvalue weighted by Gasteiger charge is -2.22. The highest BCUT2D eigenvalue weighted by Crippen LogP contribution is 2.29. The third-order valence-electron chi connectivity index (χ3n) is 3.02. The van der Waals surface area contributed by atoms with E-state index in [0.717, 1.165) is 11.1 Å². The fourth-order valence-corrected chi connectivity index (χ4v) is 2.12. The van der Waals surface area contributed by atoms with E-state index in [1.807, 2.05) is 11.8 Å². The number of hydrogen-bond donors (Lipinski definition) is 2. The number of nitrogen functional groups attached to an aromatic ring is 1. The molecule has 20 heavy (non-hydrogen) atoms. The van der Waals surface area contributed by atoms with Crippen molar-refractivity contribution in [2.24, 2.45) is 0 Å². The van der Waals surface area contributed by atoms with Crippen LogP contribution in [0.15, 0.2) is 30.5 Å². The number of anilines is 3. The summed E-state index contributed by atoms with van der Waals surface area (Å²) in [5.74, 6) is 0.535. The van der Waals surface area contributed by atoms with Gasteiger partial charge in [0.1, 0.15) is 11.6 Å². The Morgan fingerprint density at radius 2 is 2.00 bits per heavy atom. The molecule has 3 aromatic rings. The molecule has 102 valence electrons. The molecule has 0 fully saturated rings. The van der Waals surface area contributed by atoms with Crippen molar-refractivity contribution in [3.8, 4) is 0 Å². The molecular formula is C13H13FN6. The monoisotopic (exact) mass is 272 g/mol. The van der Waals surface area contributed by atoms with Crippen molar-refractivity contribution < 1.29 is 4.39 Å². The Balaban J connectivity index is 2.16. The van der Waals surface area contributed by atoms with Crippen molar-refractivity contribution in [3.05, 3.63) is 36.3 Å². The van der Waals surface area contributed by atoms with Gasteiger partial charge in [0.2, 0.25) is 5.95 Å². The van der Waals surface area contributed by atoms with Crippen molar-refractivity contribution in [1.82, 2.24) is 20.2 Å². The number of nitrogens with one attached hydrogen (secondary N) is 1. The SMILES string of the molecule is CCN(c1ccc(F)cc1)c1nc(N)nc2[nH]ncc12. The first-order valence-electron chi connectivity index (χ1n) is 6.18. The van der Waals surface area contributed by atoms with Gasteiger partial charge in [-0.3, -0.25) is 5.10 Å². The van der Waals surface area contributed by atoms with Crippen molar-refractivity contribution in [2.45, 2.75) is 6.92 Å². The Morgan fingerprint density at radius 1 is 1.25 bits per heavy atom. The van der Waals surface area contributed by atoms with E-state index in [0.29, 0.717) is 18.0 Å². The highest BCUT2D eigenvalue weighted by Gasteiger charge is 2.15. The van der Waals surface area contributed by atoms with Crippen LogP contribution in [-0.2, 0) is 0 Å². The summed E-state index contributed by atoms with van der Waals surface area (Å²) in [6.07, 6.45) is 1.65. The van der Waals surface area contributed by atoms with Gasteiger partial charge in [0.15, 0.2) is 5.65 Å². The van der Waals surface area contributed by atoms with Gasteiger partial charge in [-0.25, -0.2) is 4.39 Å². The number of rotatable bonds is 3. The summed E-state index contributed by atoms with van der Waals surface area (Å²) in [6.45, 7) is 2.63. The fraction of sp³-hybridized carbons (Fsp3) is 0.154. The van der Waals surface area contributed by atoms with Crippen LogP contribution in [-0.4, -0.2) is 26.7 Å². The Kier molecular flexibility index (Phi) is 2.94. The number of nitrogens with zero attached hydrogens (tertiary/aromatic N) is 4. The van der Waals surface area contributed by atoms with Crippen molar-refractivity contribution >= 4 is 28.5 Å². The van der Waals surface area contributed by atoms with E-state index < -0.39 is 0 Å². The van der Waals surface area contributed by atoms with Gasteiger partial charge in [0.05, 0.1) is 11.6 Å². The second kappa shape index (κ2) is 4.76. The second-order valence-corrected chi connectivity index (χ2v) is 4.26. The molecule has 0 unspecified atom stereocenters. The van der Waals surface area contributed by atoms with Gasteiger partial charge in [0.25, 0.3) is 0 Å². The summed E-state index contributed by atoms with van der Waals surface area (Å²) < 4.78 is 13.0. The maximum absolute atomic E-state index is 13.0. The van der Waals surface area contributed by atoms with Gasteiger partial charge in [-0.2, -0.15) is 15.1 Å². The number of nitrogens with two attached hydrogens (primary N) is 1. The summed E-state index contributed by atoms with van der Waals surface area (Å²) in [6, 6.07) is 6.22. The first-order valence-corrected chi connectivity index (χ1v) is 6.18. The number of benzene rings is 1. The van der Waals surface area contributed by atoms with Crippen LogP contribution in [0.4, 0.5) is 21.8 Å². The van der Waals surface area contributed by atoms with Gasteiger partial charge >= 0.3 is 0 Å². The summed E-state index contributed by atoms with van der Waals surface area (Å²) >= 11 is 0. The quantitative estimate of drug-likeness (QED) is 0.763. The molecular weight excluding hydrogens is 259 g/mol. The van der Waals surface area contributed by atoms with E-state index in [-0.39, 0.29) is 11.8 Å². The molecule has 0 aliphatic carbocycles.